The van der Waals surface area contributed by atoms with Gasteiger partial charge < -0.3 is 10.4 Å². The maximum Gasteiger partial charge on any atom is 0.255 e. The molecule has 1 aliphatic carbocycles. The third kappa shape index (κ3) is 3.95. The lowest BCUT2D eigenvalue weighted by Gasteiger charge is -2.26. The highest BCUT2D eigenvalue weighted by atomic mass is 19.1. The molecule has 2 atom stereocenters. The lowest BCUT2D eigenvalue weighted by atomic mass is 9.81. The van der Waals surface area contributed by atoms with Crippen molar-refractivity contribution in [1.82, 2.24) is 5.32 Å². The average Bonchev–Trinajstić information content (AvgIpc) is 2.41. The molecule has 0 heterocycles. The van der Waals surface area contributed by atoms with E-state index in [0.717, 1.165) is 24.5 Å². The number of rotatable bonds is 4. The number of phenols is 1. The second-order valence-electron chi connectivity index (χ2n) is 5.84. The largest absolute Gasteiger partial charge is 0.507 e. The third-order valence-corrected chi connectivity index (χ3v) is 4.09. The van der Waals surface area contributed by atoms with Crippen LogP contribution in [0.15, 0.2) is 18.2 Å². The summed E-state index contributed by atoms with van der Waals surface area (Å²) in [4.78, 5) is 11.9. The van der Waals surface area contributed by atoms with Crippen molar-refractivity contribution < 1.29 is 14.3 Å². The van der Waals surface area contributed by atoms with E-state index in [1.165, 1.54) is 31.7 Å². The molecule has 2 unspecified atom stereocenters. The van der Waals surface area contributed by atoms with E-state index < -0.39 is 11.7 Å². The van der Waals surface area contributed by atoms with Gasteiger partial charge in [-0.1, -0.05) is 26.2 Å². The Morgan fingerprint density at radius 2 is 2.25 bits per heavy atom. The number of phenolic OH excluding ortho intramolecular Hbond substituents is 1. The summed E-state index contributed by atoms with van der Waals surface area (Å²) < 4.78 is 13.1. The lowest BCUT2D eigenvalue weighted by Crippen LogP contribution is -2.27. The predicted octanol–water partition coefficient (Wildman–Crippen LogP) is 3.48. The molecule has 0 aromatic heterocycles. The van der Waals surface area contributed by atoms with Gasteiger partial charge in [-0.25, -0.2) is 4.39 Å². The SMILES string of the molecule is CC1CCCC(CCNC(=O)c2cc(F)ccc2O)C1. The molecule has 0 aliphatic heterocycles. The topological polar surface area (TPSA) is 49.3 Å². The quantitative estimate of drug-likeness (QED) is 0.886. The number of aromatic hydroxyl groups is 1. The zero-order valence-corrected chi connectivity index (χ0v) is 11.9. The van der Waals surface area contributed by atoms with E-state index in [1.54, 1.807) is 0 Å². The first-order valence-electron chi connectivity index (χ1n) is 7.33. The molecule has 1 fully saturated rings. The van der Waals surface area contributed by atoms with E-state index in [9.17, 15) is 14.3 Å². The van der Waals surface area contributed by atoms with Crippen LogP contribution < -0.4 is 5.32 Å². The summed E-state index contributed by atoms with van der Waals surface area (Å²) in [5, 5.41) is 12.3. The van der Waals surface area contributed by atoms with Crippen molar-refractivity contribution in [1.29, 1.82) is 0 Å². The third-order valence-electron chi connectivity index (χ3n) is 4.09. The maximum atomic E-state index is 13.1. The number of amides is 1. The minimum Gasteiger partial charge on any atom is -0.507 e. The minimum absolute atomic E-state index is 0.00186. The number of carbonyl (C=O) groups excluding carboxylic acids is 1. The predicted molar refractivity (Wildman–Crippen MR) is 76.1 cm³/mol. The maximum absolute atomic E-state index is 13.1. The fraction of sp³-hybridized carbons (Fsp3) is 0.562. The second-order valence-corrected chi connectivity index (χ2v) is 5.84. The molecule has 2 rings (SSSR count). The van der Waals surface area contributed by atoms with Gasteiger partial charge in [0.1, 0.15) is 11.6 Å². The Bertz CT molecular complexity index is 476. The Labute approximate surface area is 119 Å². The van der Waals surface area contributed by atoms with Crippen LogP contribution >= 0.6 is 0 Å². The second kappa shape index (κ2) is 6.73. The molecule has 1 aliphatic rings. The van der Waals surface area contributed by atoms with Crippen LogP contribution in [0.5, 0.6) is 5.75 Å². The van der Waals surface area contributed by atoms with Crippen LogP contribution in [0.2, 0.25) is 0 Å². The van der Waals surface area contributed by atoms with Gasteiger partial charge in [0.25, 0.3) is 5.91 Å². The van der Waals surface area contributed by atoms with Crippen molar-refractivity contribution in [3.8, 4) is 5.75 Å². The number of halogens is 1. The Morgan fingerprint density at radius 1 is 1.45 bits per heavy atom. The van der Waals surface area contributed by atoms with Gasteiger partial charge in [0.15, 0.2) is 0 Å². The van der Waals surface area contributed by atoms with Crippen LogP contribution in [0.3, 0.4) is 0 Å². The smallest absolute Gasteiger partial charge is 0.255 e. The fourth-order valence-corrected chi connectivity index (χ4v) is 3.00. The molecule has 1 saturated carbocycles. The van der Waals surface area contributed by atoms with Crippen LogP contribution in [0.25, 0.3) is 0 Å². The van der Waals surface area contributed by atoms with Crippen LogP contribution in [0.4, 0.5) is 4.39 Å². The fourth-order valence-electron chi connectivity index (χ4n) is 3.00. The Morgan fingerprint density at radius 3 is 3.00 bits per heavy atom. The molecule has 20 heavy (non-hydrogen) atoms. The van der Waals surface area contributed by atoms with Gasteiger partial charge in [-0.2, -0.15) is 0 Å². The van der Waals surface area contributed by atoms with Crippen LogP contribution in [0.1, 0.15) is 49.4 Å². The van der Waals surface area contributed by atoms with Gasteiger partial charge in [-0.15, -0.1) is 0 Å². The number of hydrogen-bond acceptors (Lipinski definition) is 2. The first-order chi connectivity index (χ1) is 9.56. The molecule has 0 spiro atoms. The number of hydrogen-bond donors (Lipinski definition) is 2. The van der Waals surface area contributed by atoms with E-state index in [4.69, 9.17) is 0 Å². The highest BCUT2D eigenvalue weighted by molar-refractivity contribution is 5.96. The zero-order chi connectivity index (χ0) is 14.5. The summed E-state index contributed by atoms with van der Waals surface area (Å²) in [5.41, 5.74) is 0.00186. The molecule has 0 bridgehead atoms. The Balaban J connectivity index is 1.81. The van der Waals surface area contributed by atoms with Crippen LogP contribution in [-0.4, -0.2) is 17.6 Å². The van der Waals surface area contributed by atoms with Gasteiger partial charge in [-0.3, -0.25) is 4.79 Å². The normalized spacial score (nSPS) is 22.5. The van der Waals surface area contributed by atoms with E-state index in [0.29, 0.717) is 12.5 Å². The standard InChI is InChI=1S/C16H22FNO2/c1-11-3-2-4-12(9-11)7-8-18-16(20)14-10-13(17)5-6-15(14)19/h5-6,10-12,19H,2-4,7-9H2,1H3,(H,18,20). The number of nitrogens with one attached hydrogen (secondary N) is 1. The van der Waals surface area contributed by atoms with Crippen LogP contribution in [-0.2, 0) is 0 Å². The summed E-state index contributed by atoms with van der Waals surface area (Å²) in [6.07, 6.45) is 5.98. The molecule has 2 N–H and O–H groups in total. The van der Waals surface area contributed by atoms with E-state index in [-0.39, 0.29) is 11.3 Å². The van der Waals surface area contributed by atoms with Crippen molar-refractivity contribution >= 4 is 5.91 Å². The van der Waals surface area contributed by atoms with Crippen molar-refractivity contribution in [2.24, 2.45) is 11.8 Å². The molecule has 1 aromatic rings. The van der Waals surface area contributed by atoms with Crippen molar-refractivity contribution in [3.05, 3.63) is 29.6 Å². The summed E-state index contributed by atoms with van der Waals surface area (Å²) in [7, 11) is 0. The molecule has 1 amide bonds. The highest BCUT2D eigenvalue weighted by Gasteiger charge is 2.19. The Hall–Kier alpha value is -1.58. The van der Waals surface area contributed by atoms with Crippen molar-refractivity contribution in [2.75, 3.05) is 6.54 Å². The molecule has 3 nitrogen and oxygen atoms in total. The van der Waals surface area contributed by atoms with E-state index >= 15 is 0 Å². The van der Waals surface area contributed by atoms with Crippen LogP contribution in [0, 0.1) is 17.7 Å². The molecule has 0 saturated heterocycles. The van der Waals surface area contributed by atoms with Gasteiger partial charge in [0.2, 0.25) is 0 Å². The van der Waals surface area contributed by atoms with Crippen molar-refractivity contribution in [2.45, 2.75) is 39.0 Å². The zero-order valence-electron chi connectivity index (χ0n) is 11.9. The van der Waals surface area contributed by atoms with Gasteiger partial charge in [-0.05, 0) is 42.9 Å². The van der Waals surface area contributed by atoms with E-state index in [2.05, 4.69) is 12.2 Å². The first-order valence-corrected chi connectivity index (χ1v) is 7.33. The highest BCUT2D eigenvalue weighted by Crippen LogP contribution is 2.30. The minimum atomic E-state index is -0.519. The van der Waals surface area contributed by atoms with Crippen molar-refractivity contribution in [3.63, 3.8) is 0 Å². The number of benzene rings is 1. The van der Waals surface area contributed by atoms with Gasteiger partial charge in [0.05, 0.1) is 5.56 Å². The Kier molecular flexibility index (Phi) is 4.99. The first kappa shape index (κ1) is 14.8. The molecule has 110 valence electrons. The molecular formula is C16H22FNO2. The molecule has 0 radical (unpaired) electrons. The molecular weight excluding hydrogens is 257 g/mol. The summed E-state index contributed by atoms with van der Waals surface area (Å²) in [5.74, 6) is 0.326. The summed E-state index contributed by atoms with van der Waals surface area (Å²) in [6, 6.07) is 3.40. The average molecular weight is 279 g/mol. The summed E-state index contributed by atoms with van der Waals surface area (Å²) >= 11 is 0. The molecule has 1 aromatic carbocycles. The van der Waals surface area contributed by atoms with Gasteiger partial charge >= 0.3 is 0 Å². The lowest BCUT2D eigenvalue weighted by molar-refractivity contribution is 0.0946. The summed E-state index contributed by atoms with van der Waals surface area (Å²) in [6.45, 7) is 2.85. The van der Waals surface area contributed by atoms with Gasteiger partial charge in [0, 0.05) is 6.54 Å². The monoisotopic (exact) mass is 279 g/mol. The number of carbonyl (C=O) groups is 1. The van der Waals surface area contributed by atoms with E-state index in [1.807, 2.05) is 0 Å². The molecule has 4 heteroatoms.